The zero-order valence-corrected chi connectivity index (χ0v) is 8.81. The van der Waals surface area contributed by atoms with Gasteiger partial charge in [0, 0.05) is 5.57 Å². The molecule has 1 nitrogen and oxygen atoms in total. The number of hydrogen-bond donors (Lipinski definition) is 0. The van der Waals surface area contributed by atoms with E-state index >= 15 is 0 Å². The van der Waals surface area contributed by atoms with Crippen LogP contribution in [0.3, 0.4) is 0 Å². The molecule has 0 amide bonds. The van der Waals surface area contributed by atoms with Crippen molar-refractivity contribution in [1.82, 2.24) is 0 Å². The topological polar surface area (TPSA) is 13.1 Å². The normalized spacial score (nSPS) is 15.7. The van der Waals surface area contributed by atoms with Crippen LogP contribution in [-0.2, 0) is 0 Å². The lowest BCUT2D eigenvalue weighted by Crippen LogP contribution is -1.73. The highest BCUT2D eigenvalue weighted by molar-refractivity contribution is 5.73. The van der Waals surface area contributed by atoms with Crippen LogP contribution in [0, 0.1) is 0 Å². The Bertz CT molecular complexity index is 442. The maximum absolute atomic E-state index is 5.68. The Labute approximate surface area is 90.1 Å². The fraction of sp³-hybridized carbons (Fsp3) is 0.143. The van der Waals surface area contributed by atoms with Crippen LogP contribution in [0.25, 0.3) is 11.6 Å². The van der Waals surface area contributed by atoms with Gasteiger partial charge in [-0.25, -0.2) is 0 Å². The zero-order chi connectivity index (χ0) is 10.5. The molecule has 0 spiro atoms. The molecule has 0 radical (unpaired) electrons. The molecule has 1 heteroatoms. The van der Waals surface area contributed by atoms with Gasteiger partial charge in [0.05, 0.1) is 0 Å². The van der Waals surface area contributed by atoms with E-state index in [4.69, 9.17) is 4.42 Å². The first-order valence-corrected chi connectivity index (χ1v) is 5.16. The molecule has 2 rings (SSSR count). The molecule has 1 heterocycles. The van der Waals surface area contributed by atoms with Gasteiger partial charge in [0.15, 0.2) is 0 Å². The van der Waals surface area contributed by atoms with E-state index < -0.39 is 0 Å². The summed E-state index contributed by atoms with van der Waals surface area (Å²) in [4.78, 5) is 0. The summed E-state index contributed by atoms with van der Waals surface area (Å²) < 4.78 is 5.68. The van der Waals surface area contributed by atoms with E-state index in [0.29, 0.717) is 0 Å². The average molecular weight is 198 g/mol. The molecule has 0 bridgehead atoms. The van der Waals surface area contributed by atoms with E-state index in [9.17, 15) is 0 Å². The van der Waals surface area contributed by atoms with Crippen LogP contribution in [-0.4, -0.2) is 0 Å². The highest BCUT2D eigenvalue weighted by Crippen LogP contribution is 2.21. The van der Waals surface area contributed by atoms with Crippen LogP contribution in [0.4, 0.5) is 0 Å². The summed E-state index contributed by atoms with van der Waals surface area (Å²) in [6.45, 7) is 1.98. The Morgan fingerprint density at radius 3 is 3.07 bits per heavy atom. The second-order valence-electron chi connectivity index (χ2n) is 3.39. The predicted octanol–water partition coefficient (Wildman–Crippen LogP) is 4.21. The molecule has 0 atom stereocenters. The van der Waals surface area contributed by atoms with Crippen molar-refractivity contribution >= 4 is 11.6 Å². The van der Waals surface area contributed by atoms with E-state index in [2.05, 4.69) is 30.4 Å². The van der Waals surface area contributed by atoms with Gasteiger partial charge in [-0.2, -0.15) is 0 Å². The summed E-state index contributed by atoms with van der Waals surface area (Å²) in [6, 6.07) is 3.99. The van der Waals surface area contributed by atoms with Crippen molar-refractivity contribution < 1.29 is 4.42 Å². The standard InChI is InChI=1S/C14H14O/c1-2-7-13-10-11-14(15-13)12-8-5-3-4-6-9-12/h2-3,5-11H,4H2,1H3/b7-2-. The van der Waals surface area contributed by atoms with Gasteiger partial charge in [-0.1, -0.05) is 36.5 Å². The van der Waals surface area contributed by atoms with Crippen molar-refractivity contribution in [1.29, 1.82) is 0 Å². The first-order chi connectivity index (χ1) is 7.40. The molecule has 0 fully saturated rings. The third-order valence-electron chi connectivity index (χ3n) is 2.22. The maximum atomic E-state index is 5.68. The monoisotopic (exact) mass is 198 g/mol. The Morgan fingerprint density at radius 1 is 1.27 bits per heavy atom. The highest BCUT2D eigenvalue weighted by Gasteiger charge is 2.03. The van der Waals surface area contributed by atoms with Gasteiger partial charge < -0.3 is 4.42 Å². The van der Waals surface area contributed by atoms with E-state index in [1.165, 1.54) is 0 Å². The van der Waals surface area contributed by atoms with Crippen molar-refractivity contribution in [2.24, 2.45) is 0 Å². The molecule has 0 saturated heterocycles. The van der Waals surface area contributed by atoms with Crippen LogP contribution < -0.4 is 0 Å². The van der Waals surface area contributed by atoms with Crippen molar-refractivity contribution in [2.75, 3.05) is 0 Å². The lowest BCUT2D eigenvalue weighted by Gasteiger charge is -1.94. The van der Waals surface area contributed by atoms with Gasteiger partial charge in [0.1, 0.15) is 11.5 Å². The molecule has 0 aliphatic heterocycles. The summed E-state index contributed by atoms with van der Waals surface area (Å²) in [6.07, 6.45) is 15.4. The minimum atomic E-state index is 0.898. The molecular formula is C14H14O. The Morgan fingerprint density at radius 2 is 2.20 bits per heavy atom. The van der Waals surface area contributed by atoms with Crippen molar-refractivity contribution in [2.45, 2.75) is 13.3 Å². The zero-order valence-electron chi connectivity index (χ0n) is 8.81. The van der Waals surface area contributed by atoms with Gasteiger partial charge in [-0.05, 0) is 31.6 Å². The number of furan rings is 1. The van der Waals surface area contributed by atoms with E-state index in [1.807, 2.05) is 31.2 Å². The summed E-state index contributed by atoms with van der Waals surface area (Å²) in [5, 5.41) is 0. The second kappa shape index (κ2) is 4.65. The summed E-state index contributed by atoms with van der Waals surface area (Å²) in [7, 11) is 0. The quantitative estimate of drug-likeness (QED) is 0.693. The Balaban J connectivity index is 2.28. The Kier molecular flexibility index (Phi) is 3.03. The molecule has 1 aliphatic carbocycles. The number of rotatable bonds is 2. The molecule has 15 heavy (non-hydrogen) atoms. The van der Waals surface area contributed by atoms with Gasteiger partial charge in [0.2, 0.25) is 0 Å². The molecule has 1 aromatic rings. The van der Waals surface area contributed by atoms with Crippen LogP contribution in [0.2, 0.25) is 0 Å². The SMILES string of the molecule is C/C=C\c1ccc(C2=CC=CCC=C2)o1. The Hall–Kier alpha value is -1.76. The average Bonchev–Trinajstić information content (AvgIpc) is 2.53. The fourth-order valence-corrected chi connectivity index (χ4v) is 1.51. The summed E-state index contributed by atoms with van der Waals surface area (Å²) >= 11 is 0. The first-order valence-electron chi connectivity index (χ1n) is 5.16. The van der Waals surface area contributed by atoms with Crippen molar-refractivity contribution in [3.63, 3.8) is 0 Å². The third-order valence-corrected chi connectivity index (χ3v) is 2.22. The van der Waals surface area contributed by atoms with Gasteiger partial charge >= 0.3 is 0 Å². The van der Waals surface area contributed by atoms with E-state index in [0.717, 1.165) is 23.5 Å². The molecule has 1 aliphatic rings. The van der Waals surface area contributed by atoms with Gasteiger partial charge in [0.25, 0.3) is 0 Å². The van der Waals surface area contributed by atoms with Crippen LogP contribution >= 0.6 is 0 Å². The molecule has 0 saturated carbocycles. The third kappa shape index (κ3) is 2.38. The summed E-state index contributed by atoms with van der Waals surface area (Å²) in [5.41, 5.74) is 1.12. The van der Waals surface area contributed by atoms with Gasteiger partial charge in [-0.3, -0.25) is 0 Å². The summed E-state index contributed by atoms with van der Waals surface area (Å²) in [5.74, 6) is 1.82. The second-order valence-corrected chi connectivity index (χ2v) is 3.39. The molecule has 1 aromatic heterocycles. The van der Waals surface area contributed by atoms with Crippen molar-refractivity contribution in [3.8, 4) is 0 Å². The predicted molar refractivity (Wildman–Crippen MR) is 64.3 cm³/mol. The van der Waals surface area contributed by atoms with Crippen LogP contribution in [0.15, 0.2) is 53.0 Å². The molecule has 0 unspecified atom stereocenters. The van der Waals surface area contributed by atoms with Gasteiger partial charge in [-0.15, -0.1) is 0 Å². The first kappa shape index (κ1) is 9.78. The lowest BCUT2D eigenvalue weighted by atomic mass is 10.2. The highest BCUT2D eigenvalue weighted by atomic mass is 16.3. The lowest BCUT2D eigenvalue weighted by molar-refractivity contribution is 0.544. The van der Waals surface area contributed by atoms with Crippen LogP contribution in [0.1, 0.15) is 24.9 Å². The largest absolute Gasteiger partial charge is 0.457 e. The van der Waals surface area contributed by atoms with Crippen molar-refractivity contribution in [3.05, 3.63) is 60.1 Å². The molecule has 76 valence electrons. The number of allylic oxidation sites excluding steroid dienone is 7. The van der Waals surface area contributed by atoms with Crippen LogP contribution in [0.5, 0.6) is 0 Å². The number of hydrogen-bond acceptors (Lipinski definition) is 1. The van der Waals surface area contributed by atoms with E-state index in [-0.39, 0.29) is 0 Å². The smallest absolute Gasteiger partial charge is 0.134 e. The minimum Gasteiger partial charge on any atom is -0.457 e. The molecule has 0 aromatic carbocycles. The van der Waals surface area contributed by atoms with E-state index in [1.54, 1.807) is 0 Å². The molecular weight excluding hydrogens is 184 g/mol. The maximum Gasteiger partial charge on any atom is 0.134 e. The fourth-order valence-electron chi connectivity index (χ4n) is 1.51. The minimum absolute atomic E-state index is 0.898. The molecule has 0 N–H and O–H groups in total.